The molecule has 0 bridgehead atoms. The molecule has 0 aromatic heterocycles. The molecule has 0 saturated carbocycles. The first-order valence-corrected chi connectivity index (χ1v) is 14.0. The van der Waals surface area contributed by atoms with E-state index in [0.717, 1.165) is 17.6 Å². The Hall–Kier alpha value is -1.69. The quantitative estimate of drug-likeness (QED) is 0.349. The van der Waals surface area contributed by atoms with E-state index in [1.54, 1.807) is 12.1 Å². The van der Waals surface area contributed by atoms with E-state index in [1.165, 1.54) is 12.1 Å². The van der Waals surface area contributed by atoms with Crippen molar-refractivity contribution in [3.63, 3.8) is 0 Å². The minimum Gasteiger partial charge on any atom is -0.399 e. The molecule has 202 valence electrons. The smallest absolute Gasteiger partial charge is 0.399 e. The van der Waals surface area contributed by atoms with Crippen molar-refractivity contribution in [2.45, 2.75) is 82.7 Å². The van der Waals surface area contributed by atoms with Gasteiger partial charge in [0, 0.05) is 10.7 Å². The summed E-state index contributed by atoms with van der Waals surface area (Å²) < 4.78 is 72.5. The van der Waals surface area contributed by atoms with Crippen LogP contribution in [0.2, 0.25) is 0 Å². The molecule has 4 rings (SSSR count). The predicted molar refractivity (Wildman–Crippen MR) is 142 cm³/mol. The van der Waals surface area contributed by atoms with Gasteiger partial charge in [0.25, 0.3) is 9.05 Å². The number of hydrogen-bond donors (Lipinski definition) is 1. The summed E-state index contributed by atoms with van der Waals surface area (Å²) in [5.41, 5.74) is 4.86. The number of benzene rings is 2. The van der Waals surface area contributed by atoms with Crippen molar-refractivity contribution in [2.75, 3.05) is 5.73 Å². The number of hydrogen-bond acceptors (Lipinski definition) is 7. The molecule has 0 atom stereocenters. The summed E-state index contributed by atoms with van der Waals surface area (Å²) in [6.45, 7) is 15.4. The molecule has 0 spiro atoms. The number of anilines is 1. The zero-order chi connectivity index (χ0) is 28.2. The molecule has 0 unspecified atom stereocenters. The van der Waals surface area contributed by atoms with Crippen molar-refractivity contribution >= 4 is 50.6 Å². The minimum absolute atomic E-state index is 0.109. The summed E-state index contributed by atoms with van der Waals surface area (Å²) in [7, 11) is -0.215. The number of nitrogen functional groups attached to an aromatic ring is 1. The molecule has 37 heavy (non-hydrogen) atoms. The highest BCUT2D eigenvalue weighted by molar-refractivity contribution is 8.13. The summed E-state index contributed by atoms with van der Waals surface area (Å²) in [4.78, 5) is -0.577. The topological polar surface area (TPSA) is 97.1 Å². The van der Waals surface area contributed by atoms with E-state index >= 15 is 0 Å². The van der Waals surface area contributed by atoms with Gasteiger partial charge in [-0.25, -0.2) is 17.2 Å². The summed E-state index contributed by atoms with van der Waals surface area (Å²) in [6, 6.07) is 8.11. The average molecular weight is 558 g/mol. The molecular formula is C24H32B2ClF2NO6S. The Morgan fingerprint density at radius 3 is 1.41 bits per heavy atom. The average Bonchev–Trinajstić information content (AvgIpc) is 3.09. The molecule has 2 saturated heterocycles. The Kier molecular flexibility index (Phi) is 7.91. The van der Waals surface area contributed by atoms with Crippen molar-refractivity contribution in [1.82, 2.24) is 0 Å². The van der Waals surface area contributed by atoms with Crippen molar-refractivity contribution in [3.05, 3.63) is 48.0 Å². The maximum Gasteiger partial charge on any atom is 0.494 e. The molecule has 2 aliphatic heterocycles. The third-order valence-electron chi connectivity index (χ3n) is 7.29. The summed E-state index contributed by atoms with van der Waals surface area (Å²) in [6.07, 6.45) is 0. The van der Waals surface area contributed by atoms with Gasteiger partial charge in [0.05, 0.1) is 28.1 Å². The minimum atomic E-state index is -4.16. The van der Waals surface area contributed by atoms with Crippen molar-refractivity contribution in [3.8, 4) is 0 Å². The maximum atomic E-state index is 13.5. The lowest BCUT2D eigenvalue weighted by atomic mass is 9.79. The van der Waals surface area contributed by atoms with Crippen LogP contribution in [0.15, 0.2) is 41.3 Å². The molecule has 2 fully saturated rings. The highest BCUT2D eigenvalue weighted by Gasteiger charge is 2.52. The van der Waals surface area contributed by atoms with E-state index in [1.807, 2.05) is 55.4 Å². The van der Waals surface area contributed by atoms with E-state index in [9.17, 15) is 17.2 Å². The molecule has 2 heterocycles. The summed E-state index contributed by atoms with van der Waals surface area (Å²) >= 11 is 0. The van der Waals surface area contributed by atoms with Gasteiger partial charge in [-0.15, -0.1) is 0 Å². The molecule has 7 nitrogen and oxygen atoms in total. The van der Waals surface area contributed by atoms with E-state index < -0.39 is 62.2 Å². The fraction of sp³-hybridized carbons (Fsp3) is 0.500. The van der Waals surface area contributed by atoms with E-state index in [-0.39, 0.29) is 5.69 Å². The van der Waals surface area contributed by atoms with Crippen LogP contribution in [-0.2, 0) is 27.7 Å². The third-order valence-corrected chi connectivity index (χ3v) is 8.63. The van der Waals surface area contributed by atoms with Gasteiger partial charge in [0.15, 0.2) is 0 Å². The molecular weight excluding hydrogens is 525 g/mol. The fourth-order valence-corrected chi connectivity index (χ4v) is 4.45. The van der Waals surface area contributed by atoms with E-state index in [2.05, 4.69) is 0 Å². The maximum absolute atomic E-state index is 13.5. The van der Waals surface area contributed by atoms with Crippen LogP contribution < -0.4 is 16.7 Å². The SMILES string of the molecule is CC1(C)OB(c2ccc(F)c(N)c2)OC1(C)C.CC1(C)OB(c2ccc(F)c(S(=O)(=O)Cl)c2)OC1(C)C. The molecule has 13 heteroatoms. The first-order chi connectivity index (χ1) is 16.7. The van der Waals surface area contributed by atoms with Gasteiger partial charge >= 0.3 is 14.2 Å². The first kappa shape index (κ1) is 29.9. The normalized spacial score (nSPS) is 21.5. The van der Waals surface area contributed by atoms with E-state index in [0.29, 0.717) is 5.46 Å². The van der Waals surface area contributed by atoms with Gasteiger partial charge in [-0.05, 0) is 90.6 Å². The molecule has 2 aromatic carbocycles. The van der Waals surface area contributed by atoms with Gasteiger partial charge in [-0.3, -0.25) is 0 Å². The number of rotatable bonds is 3. The van der Waals surface area contributed by atoms with Crippen LogP contribution in [0.5, 0.6) is 0 Å². The largest absolute Gasteiger partial charge is 0.494 e. The van der Waals surface area contributed by atoms with Crippen molar-refractivity contribution in [1.29, 1.82) is 0 Å². The zero-order valence-corrected chi connectivity index (χ0v) is 23.8. The Bertz CT molecular complexity index is 1260. The standard InChI is InChI=1S/C12H15BClFO4S.C12H17BFNO2/c1-11(2)12(3,4)19-13(18-11)8-5-6-9(15)10(7-8)20(14,16)17;1-11(2)12(3,4)17-13(16-11)8-5-6-9(14)10(15)7-8/h5-7H,1-4H3;5-7H,15H2,1-4H3. The van der Waals surface area contributed by atoms with Gasteiger partial charge in [-0.2, -0.15) is 0 Å². The Balaban J connectivity index is 0.000000208. The lowest BCUT2D eigenvalue weighted by Crippen LogP contribution is -2.41. The molecule has 0 aliphatic carbocycles. The zero-order valence-electron chi connectivity index (χ0n) is 22.2. The molecule has 2 aliphatic rings. The lowest BCUT2D eigenvalue weighted by molar-refractivity contribution is 0.00578. The van der Waals surface area contributed by atoms with Gasteiger partial charge < -0.3 is 24.4 Å². The fourth-order valence-electron chi connectivity index (χ4n) is 3.52. The van der Waals surface area contributed by atoms with Gasteiger partial charge in [0.1, 0.15) is 16.5 Å². The highest BCUT2D eigenvalue weighted by atomic mass is 35.7. The highest BCUT2D eigenvalue weighted by Crippen LogP contribution is 2.37. The van der Waals surface area contributed by atoms with Gasteiger partial charge in [-0.1, -0.05) is 12.1 Å². The molecule has 2 N–H and O–H groups in total. The Labute approximate surface area is 222 Å². The van der Waals surface area contributed by atoms with Crippen molar-refractivity contribution in [2.24, 2.45) is 0 Å². The van der Waals surface area contributed by atoms with Crippen LogP contribution in [0.4, 0.5) is 14.5 Å². The van der Waals surface area contributed by atoms with Crippen LogP contribution in [-0.4, -0.2) is 45.1 Å². The number of nitrogens with two attached hydrogens (primary N) is 1. The van der Waals surface area contributed by atoms with Crippen LogP contribution in [0.3, 0.4) is 0 Å². The molecule has 2 aromatic rings. The van der Waals surface area contributed by atoms with E-state index in [4.69, 9.17) is 35.0 Å². The second-order valence-electron chi connectivity index (χ2n) is 11.1. The molecule has 0 radical (unpaired) electrons. The summed E-state index contributed by atoms with van der Waals surface area (Å²) in [5, 5.41) is 0. The third kappa shape index (κ3) is 6.15. The second kappa shape index (κ2) is 9.81. The summed E-state index contributed by atoms with van der Waals surface area (Å²) in [5.74, 6) is -1.33. The predicted octanol–water partition coefficient (Wildman–Crippen LogP) is 3.76. The first-order valence-electron chi connectivity index (χ1n) is 11.7. The van der Waals surface area contributed by atoms with Crippen LogP contribution in [0.1, 0.15) is 55.4 Å². The second-order valence-corrected chi connectivity index (χ2v) is 13.6. The van der Waals surface area contributed by atoms with Gasteiger partial charge in [0.2, 0.25) is 0 Å². The monoisotopic (exact) mass is 557 g/mol. The number of halogens is 3. The molecule has 0 amide bonds. The van der Waals surface area contributed by atoms with Crippen molar-refractivity contribution < 1.29 is 35.8 Å². The Morgan fingerprint density at radius 2 is 1.05 bits per heavy atom. The van der Waals surface area contributed by atoms with Crippen LogP contribution in [0.25, 0.3) is 0 Å². The lowest BCUT2D eigenvalue weighted by Gasteiger charge is -2.32. The van der Waals surface area contributed by atoms with Crippen LogP contribution in [0, 0.1) is 11.6 Å². The van der Waals surface area contributed by atoms with Crippen LogP contribution >= 0.6 is 10.7 Å². The Morgan fingerprint density at radius 1 is 0.703 bits per heavy atom.